The Bertz CT molecular complexity index is 1530. The Morgan fingerprint density at radius 2 is 0.862 bits per heavy atom. The van der Waals surface area contributed by atoms with Gasteiger partial charge in [0.25, 0.3) is 0 Å². The zero-order chi connectivity index (χ0) is 43.0. The summed E-state index contributed by atoms with van der Waals surface area (Å²) in [6.07, 6.45) is 26.1. The molecule has 0 spiro atoms. The van der Waals surface area contributed by atoms with Crippen molar-refractivity contribution in [2.24, 2.45) is 0 Å². The fourth-order valence-electron chi connectivity index (χ4n) is 6.58. The highest BCUT2D eigenvalue weighted by Crippen LogP contribution is 2.32. The predicted octanol–water partition coefficient (Wildman–Crippen LogP) is 12.5. The summed E-state index contributed by atoms with van der Waals surface area (Å²) in [6.45, 7) is 4.73. The number of nitrogens with zero attached hydrogens (tertiary/aromatic N) is 1. The van der Waals surface area contributed by atoms with E-state index in [9.17, 15) is 24.5 Å². The molecule has 2 aromatic carbocycles. The van der Waals surface area contributed by atoms with E-state index in [4.69, 9.17) is 18.9 Å². The molecule has 2 rings (SSSR count). The molecular formula is C46H71NO9S2. The van der Waals surface area contributed by atoms with Crippen molar-refractivity contribution in [1.29, 1.82) is 0 Å². The Morgan fingerprint density at radius 1 is 0.534 bits per heavy atom. The van der Waals surface area contributed by atoms with Gasteiger partial charge in [0.15, 0.2) is 16.5 Å². The van der Waals surface area contributed by atoms with Gasteiger partial charge in [0.1, 0.15) is 23.0 Å². The molecule has 0 aliphatic heterocycles. The maximum atomic E-state index is 11.1. The molecule has 0 aliphatic carbocycles. The average molecular weight is 846 g/mol. The smallest absolute Gasteiger partial charge is 0.243 e. The topological polar surface area (TPSA) is 131 Å². The Balaban J connectivity index is 0.000000586. The molecule has 0 N–H and O–H groups in total. The van der Waals surface area contributed by atoms with E-state index in [-0.39, 0.29) is 15.9 Å². The van der Waals surface area contributed by atoms with Crippen LogP contribution in [0.1, 0.15) is 163 Å². The number of nitro groups is 1. The number of hydrogen-bond donors (Lipinski definition) is 0. The van der Waals surface area contributed by atoms with Crippen molar-refractivity contribution >= 4 is 46.1 Å². The minimum absolute atomic E-state index is 0.0584. The largest absolute Gasteiger partial charge is 0.496 e. The van der Waals surface area contributed by atoms with Crippen LogP contribution < -0.4 is 18.9 Å². The van der Waals surface area contributed by atoms with Gasteiger partial charge in [-0.25, -0.2) is 0 Å². The number of ether oxygens (including phenoxy) is 4. The third kappa shape index (κ3) is 23.8. The lowest BCUT2D eigenvalue weighted by Crippen LogP contribution is -1.98. The number of aldehydes is 1. The highest BCUT2D eigenvalue weighted by Gasteiger charge is 2.13. The molecule has 0 atom stereocenters. The highest BCUT2D eigenvalue weighted by atomic mass is 32.2. The number of aryl methyl sites for hydroxylation is 2. The van der Waals surface area contributed by atoms with Crippen LogP contribution in [0.25, 0.3) is 6.08 Å². The first-order chi connectivity index (χ1) is 28.0. The van der Waals surface area contributed by atoms with Crippen LogP contribution in [0.3, 0.4) is 0 Å². The van der Waals surface area contributed by atoms with Crippen LogP contribution in [0.2, 0.25) is 0 Å². The minimum Gasteiger partial charge on any atom is -0.496 e. The standard InChI is InChI=1S/C24H37NO5S.C22H34O4S/c1-19(25(27)28)16-22-18-23(29-3)21(17-24(22)30-4)14-12-10-8-6-5-7-9-11-13-15-31-20(2)26;1-18(24)27-14-12-10-8-6-4-5-7-9-11-13-19-15-22(26-3)20(17-23)16-21(19)25-2/h16-18H,5-15H2,1-4H3;15-17H,4-14H2,1-3H3/b19-16+;. The lowest BCUT2D eigenvalue weighted by atomic mass is 10.0. The maximum absolute atomic E-state index is 11.1. The molecule has 0 saturated carbocycles. The number of thioether (sulfide) groups is 2. The van der Waals surface area contributed by atoms with Gasteiger partial charge in [0, 0.05) is 43.9 Å². The van der Waals surface area contributed by atoms with E-state index in [2.05, 4.69) is 0 Å². The summed E-state index contributed by atoms with van der Waals surface area (Å²) < 4.78 is 21.7. The van der Waals surface area contributed by atoms with Crippen molar-refractivity contribution in [3.63, 3.8) is 0 Å². The van der Waals surface area contributed by atoms with Gasteiger partial charge in [-0.2, -0.15) is 0 Å². The van der Waals surface area contributed by atoms with Crippen LogP contribution >= 0.6 is 23.5 Å². The zero-order valence-corrected chi connectivity index (χ0v) is 38.1. The first-order valence-electron chi connectivity index (χ1n) is 21.1. The third-order valence-corrected chi connectivity index (χ3v) is 11.6. The van der Waals surface area contributed by atoms with Crippen molar-refractivity contribution in [2.75, 3.05) is 39.9 Å². The molecule has 12 heteroatoms. The van der Waals surface area contributed by atoms with Crippen LogP contribution in [0.15, 0.2) is 30.0 Å². The summed E-state index contributed by atoms with van der Waals surface area (Å²) >= 11 is 2.87. The Kier molecular flexibility index (Phi) is 30.2. The second kappa shape index (κ2) is 33.3. The number of allylic oxidation sites excluding steroid dienone is 1. The molecule has 0 aromatic heterocycles. The lowest BCUT2D eigenvalue weighted by Gasteiger charge is -2.13. The van der Waals surface area contributed by atoms with E-state index in [0.717, 1.165) is 78.9 Å². The van der Waals surface area contributed by atoms with E-state index in [1.54, 1.807) is 48.4 Å². The summed E-state index contributed by atoms with van der Waals surface area (Å²) in [5.74, 6) is 4.67. The molecule has 0 heterocycles. The van der Waals surface area contributed by atoms with Crippen LogP contribution in [-0.4, -0.2) is 61.4 Å². The molecule has 0 amide bonds. The number of rotatable bonds is 31. The van der Waals surface area contributed by atoms with Crippen molar-refractivity contribution < 1.29 is 38.3 Å². The zero-order valence-electron chi connectivity index (χ0n) is 36.5. The molecule has 58 heavy (non-hydrogen) atoms. The summed E-state index contributed by atoms with van der Waals surface area (Å²) in [7, 11) is 6.42. The molecule has 0 radical (unpaired) electrons. The number of methoxy groups -OCH3 is 4. The SMILES string of the molecule is COc1cc(CCCCCCCCCCCSC(C)=O)c(OC)cc1/C=C(\C)[N+](=O)[O-].COc1cc(CCCCCCCCCCCSC(C)=O)c(OC)cc1C=O. The molecular weight excluding hydrogens is 775 g/mol. The first-order valence-corrected chi connectivity index (χ1v) is 23.0. The Labute approximate surface area is 357 Å². The summed E-state index contributed by atoms with van der Waals surface area (Å²) in [6, 6.07) is 7.43. The second-order valence-corrected chi connectivity index (χ2v) is 17.1. The van der Waals surface area contributed by atoms with Gasteiger partial charge in [-0.1, -0.05) is 113 Å². The van der Waals surface area contributed by atoms with Crippen LogP contribution in [-0.2, 0) is 22.4 Å². The van der Waals surface area contributed by atoms with Crippen molar-refractivity contribution in [3.8, 4) is 23.0 Å². The van der Waals surface area contributed by atoms with Gasteiger partial charge < -0.3 is 18.9 Å². The molecule has 0 saturated heterocycles. The van der Waals surface area contributed by atoms with Crippen LogP contribution in [0.4, 0.5) is 0 Å². The van der Waals surface area contributed by atoms with Gasteiger partial charge in [-0.15, -0.1) is 0 Å². The lowest BCUT2D eigenvalue weighted by molar-refractivity contribution is -0.422. The molecule has 0 unspecified atom stereocenters. The fraction of sp³-hybridized carbons (Fsp3) is 0.630. The highest BCUT2D eigenvalue weighted by molar-refractivity contribution is 8.13. The molecule has 0 aliphatic rings. The molecule has 2 aromatic rings. The quantitative estimate of drug-likeness (QED) is 0.0311. The van der Waals surface area contributed by atoms with Crippen molar-refractivity contribution in [3.05, 3.63) is 62.3 Å². The van der Waals surface area contributed by atoms with Crippen molar-refractivity contribution in [1.82, 2.24) is 0 Å². The van der Waals surface area contributed by atoms with Gasteiger partial charge >= 0.3 is 0 Å². The van der Waals surface area contributed by atoms with E-state index < -0.39 is 4.92 Å². The number of carbonyl (C=O) groups is 3. The maximum Gasteiger partial charge on any atom is 0.243 e. The Hall–Kier alpha value is -3.51. The second-order valence-electron chi connectivity index (χ2n) is 14.5. The number of carbonyl (C=O) groups excluding carboxylic acids is 3. The van der Waals surface area contributed by atoms with E-state index in [1.165, 1.54) is 126 Å². The average Bonchev–Trinajstić information content (AvgIpc) is 3.21. The number of unbranched alkanes of at least 4 members (excludes halogenated alkanes) is 16. The normalized spacial score (nSPS) is 11.1. The number of hydrogen-bond acceptors (Lipinski definition) is 11. The number of benzene rings is 2. The van der Waals surface area contributed by atoms with Gasteiger partial charge in [-0.05, 0) is 73.9 Å². The van der Waals surface area contributed by atoms with E-state index in [0.29, 0.717) is 22.6 Å². The van der Waals surface area contributed by atoms with Gasteiger partial charge in [-0.3, -0.25) is 24.5 Å². The van der Waals surface area contributed by atoms with Crippen molar-refractivity contribution in [2.45, 2.75) is 149 Å². The van der Waals surface area contributed by atoms with E-state index >= 15 is 0 Å². The summed E-state index contributed by atoms with van der Waals surface area (Å²) in [4.78, 5) is 43.3. The predicted molar refractivity (Wildman–Crippen MR) is 242 cm³/mol. The summed E-state index contributed by atoms with van der Waals surface area (Å²) in [5.41, 5.74) is 3.40. The van der Waals surface area contributed by atoms with E-state index in [1.807, 2.05) is 18.2 Å². The summed E-state index contributed by atoms with van der Waals surface area (Å²) in [5, 5.41) is 11.4. The van der Waals surface area contributed by atoms with Gasteiger partial charge in [0.05, 0.1) is 38.9 Å². The van der Waals surface area contributed by atoms with Crippen LogP contribution in [0.5, 0.6) is 23.0 Å². The first kappa shape index (κ1) is 52.5. The minimum atomic E-state index is -0.409. The monoisotopic (exact) mass is 845 g/mol. The third-order valence-electron chi connectivity index (χ3n) is 9.84. The molecule has 0 fully saturated rings. The molecule has 0 bridgehead atoms. The van der Waals surface area contributed by atoms with Crippen LogP contribution in [0, 0.1) is 10.1 Å². The molecule has 326 valence electrons. The fourth-order valence-corrected chi connectivity index (χ4v) is 7.86. The molecule has 10 nitrogen and oxygen atoms in total. The Morgan fingerprint density at radius 3 is 1.19 bits per heavy atom. The van der Waals surface area contributed by atoms with Gasteiger partial charge in [0.2, 0.25) is 5.70 Å².